The first kappa shape index (κ1) is 15.9. The second-order valence-electron chi connectivity index (χ2n) is 5.29. The van der Waals surface area contributed by atoms with Crippen LogP contribution in [0.3, 0.4) is 0 Å². The highest BCUT2D eigenvalue weighted by molar-refractivity contribution is 5.88. The molecule has 0 aliphatic rings. The van der Waals surface area contributed by atoms with Gasteiger partial charge in [0.05, 0.1) is 21.3 Å². The van der Waals surface area contributed by atoms with Gasteiger partial charge in [0.15, 0.2) is 11.5 Å². The van der Waals surface area contributed by atoms with E-state index in [2.05, 4.69) is 24.3 Å². The summed E-state index contributed by atoms with van der Waals surface area (Å²) in [5.74, 6) is 1.91. The molecule has 3 aromatic carbocycles. The second-order valence-corrected chi connectivity index (χ2v) is 5.29. The Morgan fingerprint density at radius 2 is 1.12 bits per heavy atom. The lowest BCUT2D eigenvalue weighted by Crippen LogP contribution is -1.97. The predicted octanol–water partition coefficient (Wildman–Crippen LogP) is 5.05. The van der Waals surface area contributed by atoms with Crippen molar-refractivity contribution in [3.8, 4) is 39.5 Å². The predicted molar refractivity (Wildman–Crippen MR) is 97.0 cm³/mol. The van der Waals surface area contributed by atoms with Crippen molar-refractivity contribution in [1.82, 2.24) is 0 Å². The van der Waals surface area contributed by atoms with Crippen molar-refractivity contribution in [3.05, 3.63) is 66.7 Å². The van der Waals surface area contributed by atoms with E-state index in [9.17, 15) is 0 Å². The number of rotatable bonds is 5. The van der Waals surface area contributed by atoms with Crippen LogP contribution in [0.4, 0.5) is 0 Å². The van der Waals surface area contributed by atoms with Crippen molar-refractivity contribution < 1.29 is 14.2 Å². The van der Waals surface area contributed by atoms with E-state index in [0.717, 1.165) is 22.3 Å². The van der Waals surface area contributed by atoms with Crippen LogP contribution in [-0.4, -0.2) is 21.3 Å². The summed E-state index contributed by atoms with van der Waals surface area (Å²) in [4.78, 5) is 0. The van der Waals surface area contributed by atoms with E-state index in [1.807, 2.05) is 42.5 Å². The average Bonchev–Trinajstić information content (AvgIpc) is 2.67. The van der Waals surface area contributed by atoms with Crippen LogP contribution < -0.4 is 14.2 Å². The fourth-order valence-corrected chi connectivity index (χ4v) is 2.90. The molecule has 3 heteroatoms. The Labute approximate surface area is 142 Å². The Balaban J connectivity index is 2.24. The molecule has 0 bridgehead atoms. The number of hydrogen-bond acceptors (Lipinski definition) is 3. The Morgan fingerprint density at radius 3 is 1.75 bits per heavy atom. The molecule has 0 saturated carbocycles. The average molecular weight is 320 g/mol. The Morgan fingerprint density at radius 1 is 0.500 bits per heavy atom. The summed E-state index contributed by atoms with van der Waals surface area (Å²) in [6.45, 7) is 0. The van der Waals surface area contributed by atoms with E-state index in [1.165, 1.54) is 0 Å². The van der Waals surface area contributed by atoms with Crippen LogP contribution in [0.15, 0.2) is 66.7 Å². The van der Waals surface area contributed by atoms with Crippen molar-refractivity contribution >= 4 is 0 Å². The summed E-state index contributed by atoms with van der Waals surface area (Å²) in [5, 5.41) is 0. The third-order valence-electron chi connectivity index (χ3n) is 4.01. The Bertz CT molecular complexity index is 826. The highest BCUT2D eigenvalue weighted by atomic mass is 16.5. The molecule has 0 unspecified atom stereocenters. The van der Waals surface area contributed by atoms with Crippen LogP contribution >= 0.6 is 0 Å². The topological polar surface area (TPSA) is 27.7 Å². The largest absolute Gasteiger partial charge is 0.493 e. The normalized spacial score (nSPS) is 10.3. The molecule has 0 saturated heterocycles. The molecule has 0 radical (unpaired) electrons. The van der Waals surface area contributed by atoms with Gasteiger partial charge in [0, 0.05) is 5.56 Å². The third kappa shape index (κ3) is 2.81. The first-order valence-electron chi connectivity index (χ1n) is 7.74. The quantitative estimate of drug-likeness (QED) is 0.658. The van der Waals surface area contributed by atoms with Gasteiger partial charge in [-0.25, -0.2) is 0 Å². The van der Waals surface area contributed by atoms with E-state index >= 15 is 0 Å². The highest BCUT2D eigenvalue weighted by Gasteiger charge is 2.19. The molecule has 0 spiro atoms. The van der Waals surface area contributed by atoms with Gasteiger partial charge in [0.25, 0.3) is 0 Å². The number of hydrogen-bond donors (Lipinski definition) is 0. The molecule has 0 atom stereocenters. The standard InChI is InChI=1S/C21H20O3/c1-22-19-14-13-18(20(23-2)21(19)24-3)17-12-8-7-11-16(17)15-9-5-4-6-10-15/h4-14H,1-3H3. The van der Waals surface area contributed by atoms with Gasteiger partial charge < -0.3 is 14.2 Å². The van der Waals surface area contributed by atoms with E-state index in [1.54, 1.807) is 21.3 Å². The van der Waals surface area contributed by atoms with Crippen molar-refractivity contribution in [2.45, 2.75) is 0 Å². The van der Waals surface area contributed by atoms with Crippen molar-refractivity contribution in [3.63, 3.8) is 0 Å². The van der Waals surface area contributed by atoms with E-state index in [4.69, 9.17) is 14.2 Å². The van der Waals surface area contributed by atoms with Gasteiger partial charge in [0.2, 0.25) is 5.75 Å². The van der Waals surface area contributed by atoms with Gasteiger partial charge >= 0.3 is 0 Å². The summed E-state index contributed by atoms with van der Waals surface area (Å²) in [7, 11) is 4.88. The zero-order valence-corrected chi connectivity index (χ0v) is 14.1. The fourth-order valence-electron chi connectivity index (χ4n) is 2.90. The number of methoxy groups -OCH3 is 3. The van der Waals surface area contributed by atoms with Crippen LogP contribution in [0, 0.1) is 0 Å². The monoisotopic (exact) mass is 320 g/mol. The van der Waals surface area contributed by atoms with Gasteiger partial charge in [-0.1, -0.05) is 54.6 Å². The molecule has 122 valence electrons. The molecule has 3 aromatic rings. The zero-order chi connectivity index (χ0) is 16.9. The van der Waals surface area contributed by atoms with Crippen LogP contribution in [0.1, 0.15) is 0 Å². The smallest absolute Gasteiger partial charge is 0.203 e. The van der Waals surface area contributed by atoms with Crippen molar-refractivity contribution in [1.29, 1.82) is 0 Å². The van der Waals surface area contributed by atoms with E-state index < -0.39 is 0 Å². The molecular weight excluding hydrogens is 300 g/mol. The number of benzene rings is 3. The molecule has 0 heterocycles. The van der Waals surface area contributed by atoms with Crippen LogP contribution in [0.25, 0.3) is 22.3 Å². The molecular formula is C21H20O3. The maximum absolute atomic E-state index is 5.65. The molecule has 0 fully saturated rings. The first-order valence-corrected chi connectivity index (χ1v) is 7.74. The van der Waals surface area contributed by atoms with Gasteiger partial charge in [-0.2, -0.15) is 0 Å². The molecule has 0 aromatic heterocycles. The van der Waals surface area contributed by atoms with Crippen molar-refractivity contribution in [2.24, 2.45) is 0 Å². The van der Waals surface area contributed by atoms with Crippen LogP contribution in [0.5, 0.6) is 17.2 Å². The maximum Gasteiger partial charge on any atom is 0.203 e. The van der Waals surface area contributed by atoms with Gasteiger partial charge in [-0.05, 0) is 28.8 Å². The first-order chi connectivity index (χ1) is 11.8. The lowest BCUT2D eigenvalue weighted by molar-refractivity contribution is 0.325. The van der Waals surface area contributed by atoms with Gasteiger partial charge in [-0.15, -0.1) is 0 Å². The van der Waals surface area contributed by atoms with Crippen molar-refractivity contribution in [2.75, 3.05) is 21.3 Å². The molecule has 3 rings (SSSR count). The Kier molecular flexibility index (Phi) is 4.71. The number of ether oxygens (including phenoxy) is 3. The summed E-state index contributed by atoms with van der Waals surface area (Å²) in [6.07, 6.45) is 0. The van der Waals surface area contributed by atoms with Crippen LogP contribution in [-0.2, 0) is 0 Å². The molecule has 24 heavy (non-hydrogen) atoms. The molecule has 0 aliphatic carbocycles. The van der Waals surface area contributed by atoms with Crippen LogP contribution in [0.2, 0.25) is 0 Å². The highest BCUT2D eigenvalue weighted by Crippen LogP contribution is 2.46. The lowest BCUT2D eigenvalue weighted by Gasteiger charge is -2.18. The minimum absolute atomic E-state index is 0.598. The minimum Gasteiger partial charge on any atom is -0.493 e. The molecule has 0 aliphatic heterocycles. The summed E-state index contributed by atoms with van der Waals surface area (Å²) < 4.78 is 16.5. The summed E-state index contributed by atoms with van der Waals surface area (Å²) >= 11 is 0. The molecule has 3 nitrogen and oxygen atoms in total. The summed E-state index contributed by atoms with van der Waals surface area (Å²) in [6, 6.07) is 22.5. The Hall–Kier alpha value is -2.94. The second kappa shape index (κ2) is 7.09. The zero-order valence-electron chi connectivity index (χ0n) is 14.1. The maximum atomic E-state index is 5.65. The van der Waals surface area contributed by atoms with E-state index in [0.29, 0.717) is 17.2 Å². The molecule has 0 amide bonds. The lowest BCUT2D eigenvalue weighted by atomic mass is 9.94. The fraction of sp³-hybridized carbons (Fsp3) is 0.143. The SMILES string of the molecule is COc1ccc(-c2ccccc2-c2ccccc2)c(OC)c1OC. The van der Waals surface area contributed by atoms with E-state index in [-0.39, 0.29) is 0 Å². The van der Waals surface area contributed by atoms with Gasteiger partial charge in [-0.3, -0.25) is 0 Å². The summed E-state index contributed by atoms with van der Waals surface area (Å²) in [5.41, 5.74) is 4.35. The third-order valence-corrected chi connectivity index (χ3v) is 4.01. The minimum atomic E-state index is 0.598. The molecule has 0 N–H and O–H groups in total. The van der Waals surface area contributed by atoms with Gasteiger partial charge in [0.1, 0.15) is 0 Å².